The van der Waals surface area contributed by atoms with Crippen molar-refractivity contribution in [1.82, 2.24) is 14.3 Å². The minimum atomic E-state index is -0.155. The van der Waals surface area contributed by atoms with Gasteiger partial charge in [0, 0.05) is 25.3 Å². The van der Waals surface area contributed by atoms with Crippen LogP contribution in [0, 0.1) is 6.92 Å². The fourth-order valence-electron chi connectivity index (χ4n) is 3.89. The number of hydrogen-bond donors (Lipinski definition) is 0. The van der Waals surface area contributed by atoms with Gasteiger partial charge in [-0.1, -0.05) is 37.0 Å². The average Bonchev–Trinajstić information content (AvgIpc) is 3.03. The zero-order valence-electron chi connectivity index (χ0n) is 17.6. The number of aromatic nitrogens is 2. The minimum absolute atomic E-state index is 0.0310. The lowest BCUT2D eigenvalue weighted by atomic mass is 10.1. The van der Waals surface area contributed by atoms with E-state index in [1.54, 1.807) is 21.6 Å². The zero-order chi connectivity index (χ0) is 21.4. The van der Waals surface area contributed by atoms with Gasteiger partial charge in [-0.05, 0) is 57.2 Å². The molecule has 158 valence electrons. The van der Waals surface area contributed by atoms with Gasteiger partial charge in [0.25, 0.3) is 11.5 Å². The van der Waals surface area contributed by atoms with Crippen molar-refractivity contribution in [2.24, 2.45) is 0 Å². The number of rotatable bonds is 4. The van der Waals surface area contributed by atoms with Crippen molar-refractivity contribution in [2.75, 3.05) is 18.0 Å². The summed E-state index contributed by atoms with van der Waals surface area (Å²) in [6.07, 6.45) is 7.65. The van der Waals surface area contributed by atoms with Crippen molar-refractivity contribution in [3.8, 4) is 0 Å². The van der Waals surface area contributed by atoms with E-state index in [-0.39, 0.29) is 17.5 Å². The fraction of sp³-hybridized carbons (Fsp3) is 0.455. The maximum Gasteiger partial charge on any atom is 0.267 e. The third kappa shape index (κ3) is 3.78. The Morgan fingerprint density at radius 2 is 1.97 bits per heavy atom. The van der Waals surface area contributed by atoms with Crippen molar-refractivity contribution in [1.29, 1.82) is 0 Å². The predicted octanol–water partition coefficient (Wildman–Crippen LogP) is 3.99. The Balaban J connectivity index is 1.87. The first-order chi connectivity index (χ1) is 14.4. The van der Waals surface area contributed by atoms with Gasteiger partial charge in [0.2, 0.25) is 0 Å². The highest BCUT2D eigenvalue weighted by Gasteiger charge is 2.35. The standard InChI is InChI=1S/C22H26N4O2S2/c1-4-15(3)26-21(28)17(30-22(26)29)12-16-19(24-10-6-5-7-11-24)23-18-9-8-14(2)13-25(18)20(16)27/h8-9,12-13,15H,4-7,10-11H2,1-3H3/b17-12-/t15-/m1/s1. The van der Waals surface area contributed by atoms with Gasteiger partial charge < -0.3 is 4.90 Å². The molecule has 2 aromatic rings. The number of nitrogens with zero attached hydrogens (tertiary/aromatic N) is 4. The predicted molar refractivity (Wildman–Crippen MR) is 127 cm³/mol. The van der Waals surface area contributed by atoms with Crippen LogP contribution in [-0.2, 0) is 4.79 Å². The molecule has 4 heterocycles. The topological polar surface area (TPSA) is 57.9 Å². The van der Waals surface area contributed by atoms with E-state index in [4.69, 9.17) is 17.2 Å². The summed E-state index contributed by atoms with van der Waals surface area (Å²) >= 11 is 6.72. The third-order valence-corrected chi connectivity index (χ3v) is 7.10. The average molecular weight is 443 g/mol. The van der Waals surface area contributed by atoms with E-state index in [9.17, 15) is 9.59 Å². The summed E-state index contributed by atoms with van der Waals surface area (Å²) in [6.45, 7) is 7.69. The number of piperidine rings is 1. The molecular weight excluding hydrogens is 416 g/mol. The number of anilines is 1. The second kappa shape index (κ2) is 8.51. The molecule has 0 radical (unpaired) electrons. The largest absolute Gasteiger partial charge is 0.356 e. The molecule has 8 heteroatoms. The van der Waals surface area contributed by atoms with Crippen LogP contribution in [0.1, 0.15) is 50.7 Å². The number of thiocarbonyl (C=S) groups is 1. The van der Waals surface area contributed by atoms with Gasteiger partial charge >= 0.3 is 0 Å². The number of hydrogen-bond acceptors (Lipinski definition) is 6. The van der Waals surface area contributed by atoms with E-state index in [0.717, 1.165) is 37.9 Å². The Hall–Kier alpha value is -2.19. The van der Waals surface area contributed by atoms with Gasteiger partial charge in [0.15, 0.2) is 0 Å². The van der Waals surface area contributed by atoms with Gasteiger partial charge in [0.1, 0.15) is 15.8 Å². The summed E-state index contributed by atoms with van der Waals surface area (Å²) in [6, 6.07) is 3.86. The van der Waals surface area contributed by atoms with E-state index in [0.29, 0.717) is 26.3 Å². The molecule has 0 aromatic carbocycles. The first-order valence-corrected chi connectivity index (χ1v) is 11.7. The Bertz CT molecular complexity index is 1100. The van der Waals surface area contributed by atoms with E-state index in [2.05, 4.69) is 4.90 Å². The molecule has 0 unspecified atom stereocenters. The van der Waals surface area contributed by atoms with Crippen LogP contribution < -0.4 is 10.5 Å². The van der Waals surface area contributed by atoms with Gasteiger partial charge in [-0.2, -0.15) is 0 Å². The lowest BCUT2D eigenvalue weighted by Gasteiger charge is -2.29. The van der Waals surface area contributed by atoms with Crippen LogP contribution in [0.2, 0.25) is 0 Å². The number of carbonyl (C=O) groups excluding carboxylic acids is 1. The van der Waals surface area contributed by atoms with Crippen LogP contribution in [0.25, 0.3) is 11.7 Å². The van der Waals surface area contributed by atoms with Crippen LogP contribution in [0.3, 0.4) is 0 Å². The second-order valence-electron chi connectivity index (χ2n) is 7.95. The van der Waals surface area contributed by atoms with Crippen LogP contribution in [0.15, 0.2) is 28.0 Å². The number of thioether (sulfide) groups is 1. The number of fused-ring (bicyclic) bond motifs is 1. The number of amides is 1. The molecule has 0 bridgehead atoms. The second-order valence-corrected chi connectivity index (χ2v) is 9.62. The highest BCUT2D eigenvalue weighted by Crippen LogP contribution is 2.35. The van der Waals surface area contributed by atoms with E-state index in [1.807, 2.05) is 32.9 Å². The summed E-state index contributed by atoms with van der Waals surface area (Å²) in [5.74, 6) is 0.537. The normalized spacial score (nSPS) is 19.9. The number of pyridine rings is 1. The fourth-order valence-corrected chi connectivity index (χ4v) is 5.34. The molecule has 0 aliphatic carbocycles. The molecule has 0 spiro atoms. The molecule has 2 aromatic heterocycles. The van der Waals surface area contributed by atoms with Crippen LogP contribution >= 0.6 is 24.0 Å². The smallest absolute Gasteiger partial charge is 0.267 e. The Morgan fingerprint density at radius 3 is 2.67 bits per heavy atom. The number of aryl methyl sites for hydroxylation is 1. The van der Waals surface area contributed by atoms with E-state index in [1.165, 1.54) is 18.2 Å². The van der Waals surface area contributed by atoms with Crippen molar-refractivity contribution in [3.63, 3.8) is 0 Å². The lowest BCUT2D eigenvalue weighted by Crippen LogP contribution is -2.36. The van der Waals surface area contributed by atoms with Gasteiger partial charge in [-0.25, -0.2) is 4.98 Å². The Labute approximate surface area is 186 Å². The van der Waals surface area contributed by atoms with Crippen LogP contribution in [-0.4, -0.2) is 43.6 Å². The molecule has 0 saturated carbocycles. The molecule has 0 N–H and O–H groups in total. The summed E-state index contributed by atoms with van der Waals surface area (Å²) in [4.78, 5) is 35.7. The van der Waals surface area contributed by atoms with Crippen LogP contribution in [0.4, 0.5) is 5.82 Å². The van der Waals surface area contributed by atoms with Crippen molar-refractivity contribution >= 4 is 51.7 Å². The molecule has 2 aliphatic heterocycles. The lowest BCUT2D eigenvalue weighted by molar-refractivity contribution is -0.123. The summed E-state index contributed by atoms with van der Waals surface area (Å²) < 4.78 is 2.12. The number of carbonyl (C=O) groups is 1. The first-order valence-electron chi connectivity index (χ1n) is 10.5. The molecule has 30 heavy (non-hydrogen) atoms. The van der Waals surface area contributed by atoms with E-state index >= 15 is 0 Å². The SMILES string of the molecule is CC[C@@H](C)N1C(=O)/C(=C/c2c(N3CCCCC3)nc3ccc(C)cn3c2=O)SC1=S. The quantitative estimate of drug-likeness (QED) is 0.527. The van der Waals surface area contributed by atoms with Crippen molar-refractivity contribution < 1.29 is 4.79 Å². The molecule has 6 nitrogen and oxygen atoms in total. The van der Waals surface area contributed by atoms with E-state index < -0.39 is 0 Å². The molecule has 2 aliphatic rings. The molecule has 2 fully saturated rings. The maximum atomic E-state index is 13.5. The first kappa shape index (κ1) is 21.1. The minimum Gasteiger partial charge on any atom is -0.356 e. The molecule has 4 rings (SSSR count). The molecule has 1 amide bonds. The molecular formula is C22H26N4O2S2. The highest BCUT2D eigenvalue weighted by molar-refractivity contribution is 8.26. The summed E-state index contributed by atoms with van der Waals surface area (Å²) in [5, 5.41) is 0. The monoisotopic (exact) mass is 442 g/mol. The zero-order valence-corrected chi connectivity index (χ0v) is 19.2. The summed E-state index contributed by atoms with van der Waals surface area (Å²) in [7, 11) is 0. The highest BCUT2D eigenvalue weighted by atomic mass is 32.2. The van der Waals surface area contributed by atoms with Gasteiger partial charge in [-0.15, -0.1) is 0 Å². The van der Waals surface area contributed by atoms with Crippen LogP contribution in [0.5, 0.6) is 0 Å². The van der Waals surface area contributed by atoms with Gasteiger partial charge in [-0.3, -0.25) is 18.9 Å². The molecule has 1 atom stereocenters. The van der Waals surface area contributed by atoms with Crippen molar-refractivity contribution in [2.45, 2.75) is 52.5 Å². The Morgan fingerprint density at radius 1 is 1.23 bits per heavy atom. The van der Waals surface area contributed by atoms with Gasteiger partial charge in [0.05, 0.1) is 10.5 Å². The van der Waals surface area contributed by atoms with Crippen molar-refractivity contribution in [3.05, 3.63) is 44.7 Å². The molecule has 2 saturated heterocycles. The summed E-state index contributed by atoms with van der Waals surface area (Å²) in [5.41, 5.74) is 1.91. The third-order valence-electron chi connectivity index (χ3n) is 5.77. The maximum absolute atomic E-state index is 13.5. The Kier molecular flexibility index (Phi) is 5.97.